The summed E-state index contributed by atoms with van der Waals surface area (Å²) < 4.78 is 7.20. The van der Waals surface area contributed by atoms with Crippen LogP contribution in [0.4, 0.5) is 5.69 Å². The third kappa shape index (κ3) is 7.09. The van der Waals surface area contributed by atoms with Gasteiger partial charge in [-0.25, -0.2) is 4.98 Å². The Hall–Kier alpha value is -3.95. The number of hydrogen-bond donors (Lipinski definition) is 2. The topological polar surface area (TPSA) is 102 Å². The van der Waals surface area contributed by atoms with E-state index in [1.807, 2.05) is 61.5 Å². The second kappa shape index (κ2) is 13.8. The van der Waals surface area contributed by atoms with E-state index in [1.54, 1.807) is 22.8 Å². The Labute approximate surface area is 249 Å². The lowest BCUT2D eigenvalue weighted by molar-refractivity contribution is -0.115. The number of fused-ring (bicyclic) bond motifs is 1. The molecule has 2 amide bonds. The molecule has 218 valence electrons. The molecule has 1 fully saturated rings. The minimum atomic E-state index is -0.454. The van der Waals surface area contributed by atoms with E-state index in [-0.39, 0.29) is 30.0 Å². The van der Waals surface area contributed by atoms with E-state index in [1.165, 1.54) is 17.3 Å². The number of carbonyl (C=O) groups is 2. The van der Waals surface area contributed by atoms with E-state index in [2.05, 4.69) is 17.6 Å². The van der Waals surface area contributed by atoms with E-state index in [0.29, 0.717) is 34.6 Å². The zero-order chi connectivity index (χ0) is 29.5. The molecule has 1 saturated heterocycles. The fourth-order valence-corrected chi connectivity index (χ4v) is 5.94. The molecule has 8 nitrogen and oxygen atoms in total. The third-order valence-corrected chi connectivity index (χ3v) is 8.79. The van der Waals surface area contributed by atoms with Crippen LogP contribution in [0.25, 0.3) is 10.9 Å². The second-order valence-electron chi connectivity index (χ2n) is 10.4. The molecule has 42 heavy (non-hydrogen) atoms. The van der Waals surface area contributed by atoms with Crippen LogP contribution in [0.2, 0.25) is 0 Å². The summed E-state index contributed by atoms with van der Waals surface area (Å²) in [5.74, 6) is -0.293. The molecule has 0 spiro atoms. The highest BCUT2D eigenvalue weighted by atomic mass is 32.2. The van der Waals surface area contributed by atoms with E-state index < -0.39 is 5.25 Å². The number of thioether (sulfide) groups is 1. The number of ether oxygens (including phenoxy) is 1. The average molecular weight is 585 g/mol. The highest BCUT2D eigenvalue weighted by Crippen LogP contribution is 2.27. The minimum Gasteiger partial charge on any atom is -0.376 e. The van der Waals surface area contributed by atoms with Crippen LogP contribution in [0.5, 0.6) is 0 Å². The third-order valence-electron chi connectivity index (χ3n) is 7.44. The summed E-state index contributed by atoms with van der Waals surface area (Å²) in [7, 11) is 0. The number of nitrogens with one attached hydrogen (secondary N) is 2. The number of rotatable bonds is 11. The normalized spacial score (nSPS) is 15.4. The molecule has 4 aromatic rings. The SMILES string of the molecule is CCc1ccc(NC(=O)C(CC)Sc2nc3ccccc3c(=O)n2Cc2ccc(C(=O)NCC3CCCO3)cc2)cc1. The molecule has 1 aliphatic rings. The quantitative estimate of drug-likeness (QED) is 0.180. The number of para-hydroxylation sites is 1. The first-order valence-electron chi connectivity index (χ1n) is 14.5. The van der Waals surface area contributed by atoms with Crippen molar-refractivity contribution in [3.05, 3.63) is 99.8 Å². The van der Waals surface area contributed by atoms with Crippen LogP contribution in [0.3, 0.4) is 0 Å². The molecule has 1 aromatic heterocycles. The highest BCUT2D eigenvalue weighted by molar-refractivity contribution is 8.00. The van der Waals surface area contributed by atoms with Crippen molar-refractivity contribution in [1.29, 1.82) is 0 Å². The molecule has 2 heterocycles. The van der Waals surface area contributed by atoms with Crippen molar-refractivity contribution in [3.63, 3.8) is 0 Å². The number of amides is 2. The highest BCUT2D eigenvalue weighted by Gasteiger charge is 2.23. The first kappa shape index (κ1) is 29.5. The van der Waals surface area contributed by atoms with Crippen molar-refractivity contribution in [2.75, 3.05) is 18.5 Å². The number of carbonyl (C=O) groups excluding carboxylic acids is 2. The molecule has 2 atom stereocenters. The molecule has 3 aromatic carbocycles. The van der Waals surface area contributed by atoms with Crippen molar-refractivity contribution in [3.8, 4) is 0 Å². The van der Waals surface area contributed by atoms with Gasteiger partial charge in [0.05, 0.1) is 28.8 Å². The number of anilines is 1. The molecular weight excluding hydrogens is 548 g/mol. The Morgan fingerprint density at radius 3 is 2.45 bits per heavy atom. The van der Waals surface area contributed by atoms with Crippen LogP contribution in [0.15, 0.2) is 82.7 Å². The standard InChI is InChI=1S/C33H36N4O4S/c1-3-22-13-17-25(18-14-22)35-31(39)29(4-2)42-33-36-28-10-6-5-9-27(28)32(40)37(33)21-23-11-15-24(16-12-23)30(38)34-20-26-8-7-19-41-26/h5-6,9-18,26,29H,3-4,7-8,19-21H2,1-2H3,(H,34,38)(H,35,39). The van der Waals surface area contributed by atoms with Gasteiger partial charge in [-0.1, -0.05) is 62.0 Å². The summed E-state index contributed by atoms with van der Waals surface area (Å²) in [6, 6.07) is 22.3. The maximum Gasteiger partial charge on any atom is 0.262 e. The minimum absolute atomic E-state index is 0.0760. The predicted octanol–water partition coefficient (Wildman–Crippen LogP) is 5.43. The van der Waals surface area contributed by atoms with Gasteiger partial charge in [0.25, 0.3) is 11.5 Å². The molecule has 0 radical (unpaired) electrons. The van der Waals surface area contributed by atoms with Crippen molar-refractivity contribution in [1.82, 2.24) is 14.9 Å². The lowest BCUT2D eigenvalue weighted by Gasteiger charge is -2.18. The van der Waals surface area contributed by atoms with Crippen molar-refractivity contribution in [2.45, 2.75) is 62.6 Å². The van der Waals surface area contributed by atoms with Crippen LogP contribution in [0, 0.1) is 0 Å². The summed E-state index contributed by atoms with van der Waals surface area (Å²) in [6.07, 6.45) is 3.54. The molecule has 1 aliphatic heterocycles. The zero-order valence-electron chi connectivity index (χ0n) is 24.0. The summed E-state index contributed by atoms with van der Waals surface area (Å²) in [5.41, 5.74) is 3.74. The molecule has 5 rings (SSSR count). The van der Waals surface area contributed by atoms with Crippen molar-refractivity contribution < 1.29 is 14.3 Å². The fraction of sp³-hybridized carbons (Fsp3) is 0.333. The van der Waals surface area contributed by atoms with Crippen LogP contribution >= 0.6 is 11.8 Å². The Morgan fingerprint density at radius 2 is 1.76 bits per heavy atom. The summed E-state index contributed by atoms with van der Waals surface area (Å²) in [5, 5.41) is 6.48. The van der Waals surface area contributed by atoms with Crippen molar-refractivity contribution >= 4 is 40.2 Å². The van der Waals surface area contributed by atoms with Gasteiger partial charge in [-0.2, -0.15) is 0 Å². The maximum atomic E-state index is 13.7. The average Bonchev–Trinajstić information content (AvgIpc) is 3.55. The molecule has 2 unspecified atom stereocenters. The smallest absolute Gasteiger partial charge is 0.262 e. The van der Waals surface area contributed by atoms with E-state index in [9.17, 15) is 14.4 Å². The van der Waals surface area contributed by atoms with Gasteiger partial charge in [-0.15, -0.1) is 0 Å². The molecule has 9 heteroatoms. The largest absolute Gasteiger partial charge is 0.376 e. The zero-order valence-corrected chi connectivity index (χ0v) is 24.8. The maximum absolute atomic E-state index is 13.7. The van der Waals surface area contributed by atoms with E-state index in [0.717, 1.165) is 37.1 Å². The Morgan fingerprint density at radius 1 is 1.02 bits per heavy atom. The molecule has 0 aliphatic carbocycles. The summed E-state index contributed by atoms with van der Waals surface area (Å²) >= 11 is 1.29. The first-order valence-corrected chi connectivity index (χ1v) is 15.4. The van der Waals surface area contributed by atoms with Crippen molar-refractivity contribution in [2.24, 2.45) is 0 Å². The Kier molecular flexibility index (Phi) is 9.71. The molecular formula is C33H36N4O4S. The van der Waals surface area contributed by atoms with Crippen LogP contribution in [-0.4, -0.2) is 45.9 Å². The van der Waals surface area contributed by atoms with Crippen LogP contribution in [0.1, 0.15) is 54.6 Å². The van der Waals surface area contributed by atoms with E-state index >= 15 is 0 Å². The van der Waals surface area contributed by atoms with Gasteiger partial charge in [0.2, 0.25) is 5.91 Å². The molecule has 0 saturated carbocycles. The van der Waals surface area contributed by atoms with Gasteiger partial charge in [-0.3, -0.25) is 19.0 Å². The summed E-state index contributed by atoms with van der Waals surface area (Å²) in [4.78, 5) is 44.4. The van der Waals surface area contributed by atoms with Crippen LogP contribution in [-0.2, 0) is 22.5 Å². The van der Waals surface area contributed by atoms with Gasteiger partial charge in [-0.05, 0) is 73.2 Å². The van der Waals surface area contributed by atoms with Gasteiger partial charge in [0, 0.05) is 24.4 Å². The van der Waals surface area contributed by atoms with E-state index in [4.69, 9.17) is 9.72 Å². The number of aryl methyl sites for hydroxylation is 1. The van der Waals surface area contributed by atoms with Gasteiger partial charge < -0.3 is 15.4 Å². The molecule has 2 N–H and O–H groups in total. The van der Waals surface area contributed by atoms with Gasteiger partial charge >= 0.3 is 0 Å². The van der Waals surface area contributed by atoms with Gasteiger partial charge in [0.15, 0.2) is 5.16 Å². The second-order valence-corrected chi connectivity index (χ2v) is 11.6. The Balaban J connectivity index is 1.35. The summed E-state index contributed by atoms with van der Waals surface area (Å²) in [6.45, 7) is 5.54. The number of hydrogen-bond acceptors (Lipinski definition) is 6. The lowest BCUT2D eigenvalue weighted by atomic mass is 10.1. The Bertz CT molecular complexity index is 1600. The number of benzene rings is 3. The lowest BCUT2D eigenvalue weighted by Crippen LogP contribution is -2.31. The number of aromatic nitrogens is 2. The number of nitrogens with zero attached hydrogens (tertiary/aromatic N) is 2. The predicted molar refractivity (Wildman–Crippen MR) is 167 cm³/mol. The van der Waals surface area contributed by atoms with Crippen LogP contribution < -0.4 is 16.2 Å². The first-order chi connectivity index (χ1) is 20.4. The monoisotopic (exact) mass is 584 g/mol. The fourth-order valence-electron chi connectivity index (χ4n) is 4.93. The van der Waals surface area contributed by atoms with Gasteiger partial charge in [0.1, 0.15) is 0 Å². The molecule has 0 bridgehead atoms.